The first-order valence-corrected chi connectivity index (χ1v) is 6.54. The van der Waals surface area contributed by atoms with Gasteiger partial charge in [-0.05, 0) is 37.1 Å². The zero-order valence-electron chi connectivity index (χ0n) is 10.3. The molecule has 0 aliphatic carbocycles. The van der Waals surface area contributed by atoms with Gasteiger partial charge in [0.25, 0.3) is 0 Å². The normalized spacial score (nSPS) is 19.9. The Labute approximate surface area is 110 Å². The van der Waals surface area contributed by atoms with Crippen molar-refractivity contribution < 1.29 is 9.53 Å². The summed E-state index contributed by atoms with van der Waals surface area (Å²) < 4.78 is 5.33. The second-order valence-corrected chi connectivity index (χ2v) is 5.71. The van der Waals surface area contributed by atoms with Crippen LogP contribution in [0.3, 0.4) is 0 Å². The van der Waals surface area contributed by atoms with E-state index >= 15 is 0 Å². The number of hydrogen-bond donors (Lipinski definition) is 0. The Balaban J connectivity index is 2.37. The monoisotopic (exact) mass is 297 g/mol. The van der Waals surface area contributed by atoms with Gasteiger partial charge in [-0.15, -0.1) is 0 Å². The van der Waals surface area contributed by atoms with Crippen molar-refractivity contribution in [3.05, 3.63) is 23.3 Å². The summed E-state index contributed by atoms with van der Waals surface area (Å²) in [7, 11) is 1.67. The van der Waals surface area contributed by atoms with Crippen LogP contribution < -0.4 is 9.64 Å². The number of nitrogens with zero attached hydrogens (tertiary/aromatic N) is 1. The maximum atomic E-state index is 11.8. The fourth-order valence-electron chi connectivity index (χ4n) is 2.32. The maximum Gasteiger partial charge on any atom is 0.228 e. The molecule has 1 heterocycles. The Bertz CT molecular complexity index is 436. The van der Waals surface area contributed by atoms with Crippen LogP contribution in [0.2, 0.25) is 0 Å². The van der Waals surface area contributed by atoms with Crippen LogP contribution in [-0.4, -0.2) is 24.4 Å². The molecule has 1 aliphatic heterocycles. The highest BCUT2D eigenvalue weighted by Gasteiger charge is 2.29. The standard InChI is InChI=1S/C13H16BrNO2/c1-8-4-11(5-9(2)13(8)17-3)15-7-10(14)6-12(15)16/h4-5,10H,6-7H2,1-3H3. The molecule has 1 unspecified atom stereocenters. The number of carbonyl (C=O) groups is 1. The summed E-state index contributed by atoms with van der Waals surface area (Å²) >= 11 is 3.49. The van der Waals surface area contributed by atoms with Gasteiger partial charge in [0.05, 0.1) is 7.11 Å². The maximum absolute atomic E-state index is 11.8. The molecule has 0 aromatic heterocycles. The summed E-state index contributed by atoms with van der Waals surface area (Å²) in [4.78, 5) is 13.9. The lowest BCUT2D eigenvalue weighted by atomic mass is 10.1. The molecule has 0 saturated carbocycles. The number of benzene rings is 1. The second-order valence-electron chi connectivity index (χ2n) is 4.42. The number of hydrogen-bond acceptors (Lipinski definition) is 2. The van der Waals surface area contributed by atoms with Crippen LogP contribution in [0, 0.1) is 13.8 Å². The molecule has 2 rings (SSSR count). The Hall–Kier alpha value is -1.03. The van der Waals surface area contributed by atoms with Gasteiger partial charge in [-0.3, -0.25) is 4.79 Å². The molecule has 0 radical (unpaired) electrons. The van der Waals surface area contributed by atoms with Crippen LogP contribution in [0.1, 0.15) is 17.5 Å². The van der Waals surface area contributed by atoms with E-state index in [2.05, 4.69) is 15.9 Å². The average Bonchev–Trinajstić information content (AvgIpc) is 2.57. The van der Waals surface area contributed by atoms with Gasteiger partial charge in [-0.25, -0.2) is 0 Å². The van der Waals surface area contributed by atoms with Crippen molar-refractivity contribution in [2.24, 2.45) is 0 Å². The molecule has 1 aromatic rings. The molecule has 0 N–H and O–H groups in total. The van der Waals surface area contributed by atoms with E-state index in [0.29, 0.717) is 6.42 Å². The van der Waals surface area contributed by atoms with Gasteiger partial charge in [-0.1, -0.05) is 15.9 Å². The van der Waals surface area contributed by atoms with E-state index in [4.69, 9.17) is 4.74 Å². The summed E-state index contributed by atoms with van der Waals surface area (Å²) in [6.07, 6.45) is 0.574. The lowest BCUT2D eigenvalue weighted by Crippen LogP contribution is -2.24. The molecule has 1 aliphatic rings. The molecule has 3 nitrogen and oxygen atoms in total. The number of alkyl halides is 1. The number of amides is 1. The molecular weight excluding hydrogens is 282 g/mol. The molecule has 0 bridgehead atoms. The van der Waals surface area contributed by atoms with Gasteiger partial charge in [0.1, 0.15) is 5.75 Å². The van der Waals surface area contributed by atoms with Gasteiger partial charge < -0.3 is 9.64 Å². The fraction of sp³-hybridized carbons (Fsp3) is 0.462. The van der Waals surface area contributed by atoms with Crippen molar-refractivity contribution in [2.45, 2.75) is 25.1 Å². The molecular formula is C13H16BrNO2. The predicted octanol–water partition coefficient (Wildman–Crippen LogP) is 2.81. The van der Waals surface area contributed by atoms with Gasteiger partial charge in [0.2, 0.25) is 5.91 Å². The molecule has 1 atom stereocenters. The number of halogens is 1. The quantitative estimate of drug-likeness (QED) is 0.786. The van der Waals surface area contributed by atoms with Crippen LogP contribution >= 0.6 is 15.9 Å². The van der Waals surface area contributed by atoms with Crippen molar-refractivity contribution in [1.29, 1.82) is 0 Å². The number of aryl methyl sites for hydroxylation is 2. The number of carbonyl (C=O) groups excluding carboxylic acids is 1. The van der Waals surface area contributed by atoms with Crippen LogP contribution in [0.25, 0.3) is 0 Å². The van der Waals surface area contributed by atoms with E-state index in [1.165, 1.54) is 0 Å². The van der Waals surface area contributed by atoms with Crippen LogP contribution in [-0.2, 0) is 4.79 Å². The van der Waals surface area contributed by atoms with Crippen molar-refractivity contribution in [3.8, 4) is 5.75 Å². The third-order valence-corrected chi connectivity index (χ3v) is 3.65. The molecule has 0 spiro atoms. The smallest absolute Gasteiger partial charge is 0.228 e. The Morgan fingerprint density at radius 3 is 2.35 bits per heavy atom. The third-order valence-electron chi connectivity index (χ3n) is 3.04. The van der Waals surface area contributed by atoms with E-state index in [9.17, 15) is 4.79 Å². The van der Waals surface area contributed by atoms with Gasteiger partial charge >= 0.3 is 0 Å². The molecule has 1 amide bonds. The van der Waals surface area contributed by atoms with Gasteiger partial charge in [0.15, 0.2) is 0 Å². The van der Waals surface area contributed by atoms with Crippen molar-refractivity contribution in [3.63, 3.8) is 0 Å². The third kappa shape index (κ3) is 2.32. The summed E-state index contributed by atoms with van der Waals surface area (Å²) in [5, 5.41) is 0. The summed E-state index contributed by atoms with van der Waals surface area (Å²) in [5.74, 6) is 1.08. The predicted molar refractivity (Wildman–Crippen MR) is 72.2 cm³/mol. The lowest BCUT2D eigenvalue weighted by Gasteiger charge is -2.19. The number of ether oxygens (including phenoxy) is 1. The highest BCUT2D eigenvalue weighted by atomic mass is 79.9. The van der Waals surface area contributed by atoms with Crippen LogP contribution in [0.5, 0.6) is 5.75 Å². The van der Waals surface area contributed by atoms with Crippen molar-refractivity contribution in [1.82, 2.24) is 0 Å². The minimum absolute atomic E-state index is 0.177. The largest absolute Gasteiger partial charge is 0.496 e. The van der Waals surface area contributed by atoms with E-state index in [0.717, 1.165) is 29.1 Å². The van der Waals surface area contributed by atoms with Crippen LogP contribution in [0.15, 0.2) is 12.1 Å². The lowest BCUT2D eigenvalue weighted by molar-refractivity contribution is -0.117. The number of rotatable bonds is 2. The Morgan fingerprint density at radius 2 is 1.94 bits per heavy atom. The van der Waals surface area contributed by atoms with Crippen LogP contribution in [0.4, 0.5) is 5.69 Å². The molecule has 17 heavy (non-hydrogen) atoms. The first-order chi connectivity index (χ1) is 8.02. The fourth-order valence-corrected chi connectivity index (χ4v) is 2.89. The number of methoxy groups -OCH3 is 1. The first kappa shape index (κ1) is 12.4. The van der Waals surface area contributed by atoms with E-state index in [-0.39, 0.29) is 10.7 Å². The zero-order chi connectivity index (χ0) is 12.6. The molecule has 1 aromatic carbocycles. The molecule has 92 valence electrons. The zero-order valence-corrected chi connectivity index (χ0v) is 11.9. The van der Waals surface area contributed by atoms with E-state index in [1.54, 1.807) is 7.11 Å². The topological polar surface area (TPSA) is 29.5 Å². The van der Waals surface area contributed by atoms with Gasteiger partial charge in [-0.2, -0.15) is 0 Å². The highest BCUT2D eigenvalue weighted by molar-refractivity contribution is 9.09. The van der Waals surface area contributed by atoms with E-state index < -0.39 is 0 Å². The van der Waals surface area contributed by atoms with Gasteiger partial charge in [0, 0.05) is 23.5 Å². The highest BCUT2D eigenvalue weighted by Crippen LogP contribution is 2.31. The minimum Gasteiger partial charge on any atom is -0.496 e. The summed E-state index contributed by atoms with van der Waals surface area (Å²) in [6.45, 7) is 4.74. The first-order valence-electron chi connectivity index (χ1n) is 5.62. The minimum atomic E-state index is 0.177. The second kappa shape index (κ2) is 4.69. The molecule has 1 saturated heterocycles. The average molecular weight is 298 g/mol. The number of anilines is 1. The summed E-state index contributed by atoms with van der Waals surface area (Å²) in [6, 6.07) is 4.02. The molecule has 4 heteroatoms. The molecule has 1 fully saturated rings. The SMILES string of the molecule is COc1c(C)cc(N2CC(Br)CC2=O)cc1C. The van der Waals surface area contributed by atoms with E-state index in [1.807, 2.05) is 30.9 Å². The Morgan fingerprint density at radius 1 is 1.35 bits per heavy atom. The van der Waals surface area contributed by atoms with Crippen molar-refractivity contribution >= 4 is 27.5 Å². The summed E-state index contributed by atoms with van der Waals surface area (Å²) in [5.41, 5.74) is 3.09. The van der Waals surface area contributed by atoms with Crippen molar-refractivity contribution in [2.75, 3.05) is 18.6 Å². The Kier molecular flexibility index (Phi) is 3.43.